The summed E-state index contributed by atoms with van der Waals surface area (Å²) in [7, 11) is -0.461. The quantitative estimate of drug-likeness (QED) is 0.744. The molecule has 2 heterocycles. The maximum Gasteiger partial charge on any atom is 0.494 e. The van der Waals surface area contributed by atoms with Crippen molar-refractivity contribution in [2.24, 2.45) is 0 Å². The van der Waals surface area contributed by atoms with Crippen LogP contribution in [0, 0.1) is 0 Å². The molecule has 2 aliphatic heterocycles. The largest absolute Gasteiger partial charge is 0.494 e. The molecule has 3 rings (SSSR count). The molecule has 4 nitrogen and oxygen atoms in total. The molecule has 1 saturated heterocycles. The molecule has 0 aliphatic carbocycles. The van der Waals surface area contributed by atoms with E-state index in [9.17, 15) is 4.79 Å². The van der Waals surface area contributed by atoms with Crippen LogP contribution in [-0.4, -0.2) is 29.7 Å². The number of fused-ring (bicyclic) bond motifs is 1. The smallest absolute Gasteiger partial charge is 0.479 e. The van der Waals surface area contributed by atoms with Crippen molar-refractivity contribution >= 4 is 18.4 Å². The van der Waals surface area contributed by atoms with E-state index < -0.39 is 23.9 Å². The molecule has 0 radical (unpaired) electrons. The third-order valence-electron chi connectivity index (χ3n) is 4.69. The van der Waals surface area contributed by atoms with Gasteiger partial charge in [0.2, 0.25) is 5.78 Å². The van der Waals surface area contributed by atoms with Gasteiger partial charge in [-0.25, -0.2) is 0 Å². The van der Waals surface area contributed by atoms with Gasteiger partial charge in [0.25, 0.3) is 0 Å². The van der Waals surface area contributed by atoms with Crippen molar-refractivity contribution in [1.29, 1.82) is 0 Å². The number of Topliss-reactive ketones (excluding diaryl/α,β-unsaturated/α-hetero) is 1. The van der Waals surface area contributed by atoms with Crippen LogP contribution in [0.2, 0.25) is 0 Å². The molecule has 2 aliphatic rings. The molecule has 112 valence electrons. The minimum absolute atomic E-state index is 0.00383. The van der Waals surface area contributed by atoms with Crippen LogP contribution in [0.4, 0.5) is 0 Å². The lowest BCUT2D eigenvalue weighted by Crippen LogP contribution is -2.41. The summed E-state index contributed by atoms with van der Waals surface area (Å²) in [6, 6.07) is 5.55. The highest BCUT2D eigenvalue weighted by Crippen LogP contribution is 2.38. The predicted molar refractivity (Wildman–Crippen MR) is 81.2 cm³/mol. The highest BCUT2D eigenvalue weighted by Gasteiger charge is 2.52. The monoisotopic (exact) mass is 288 g/mol. The Hall–Kier alpha value is -1.33. The summed E-state index contributed by atoms with van der Waals surface area (Å²) >= 11 is 0. The first-order chi connectivity index (χ1) is 9.53. The second-order valence-electron chi connectivity index (χ2n) is 7.29. The molecule has 21 heavy (non-hydrogen) atoms. The van der Waals surface area contributed by atoms with E-state index in [2.05, 4.69) is 0 Å². The van der Waals surface area contributed by atoms with Crippen LogP contribution in [-0.2, 0) is 9.31 Å². The number of carbonyl (C=O) groups is 1. The lowest BCUT2D eigenvalue weighted by atomic mass is 9.78. The number of ether oxygens (including phenoxy) is 1. The van der Waals surface area contributed by atoms with Gasteiger partial charge in [-0.1, -0.05) is 6.07 Å². The van der Waals surface area contributed by atoms with Gasteiger partial charge in [-0.05, 0) is 59.1 Å². The Morgan fingerprint density at radius 2 is 1.52 bits per heavy atom. The number of rotatable bonds is 1. The van der Waals surface area contributed by atoms with Crippen molar-refractivity contribution in [3.8, 4) is 5.75 Å². The maximum atomic E-state index is 12.3. The van der Waals surface area contributed by atoms with Gasteiger partial charge in [0.15, 0.2) is 5.60 Å². The molecule has 0 spiro atoms. The molecular weight excluding hydrogens is 267 g/mol. The van der Waals surface area contributed by atoms with Gasteiger partial charge in [0, 0.05) is 0 Å². The van der Waals surface area contributed by atoms with E-state index in [1.54, 1.807) is 13.8 Å². The molecule has 0 atom stereocenters. The summed E-state index contributed by atoms with van der Waals surface area (Å²) in [6.45, 7) is 11.6. The standard InChI is InChI=1S/C16H21BO4/c1-14(2)13(18)11-9-10(7-8-12(11)19-14)17-20-15(3,4)16(5,6)21-17/h7-9H,1-6H3. The zero-order chi connectivity index (χ0) is 15.6. The van der Waals surface area contributed by atoms with Gasteiger partial charge in [0.1, 0.15) is 5.75 Å². The van der Waals surface area contributed by atoms with Crippen LogP contribution in [0.25, 0.3) is 0 Å². The minimum Gasteiger partial charge on any atom is -0.479 e. The molecule has 0 N–H and O–H groups in total. The van der Waals surface area contributed by atoms with Gasteiger partial charge in [-0.2, -0.15) is 0 Å². The van der Waals surface area contributed by atoms with E-state index >= 15 is 0 Å². The third-order valence-corrected chi connectivity index (χ3v) is 4.69. The number of carbonyl (C=O) groups excluding carboxylic acids is 1. The zero-order valence-corrected chi connectivity index (χ0v) is 13.4. The number of ketones is 1. The summed E-state index contributed by atoms with van der Waals surface area (Å²) in [5.41, 5.74) is -0.127. The van der Waals surface area contributed by atoms with Crippen molar-refractivity contribution in [3.05, 3.63) is 23.8 Å². The average Bonchev–Trinajstić information content (AvgIpc) is 2.70. The molecular formula is C16H21BO4. The summed E-state index contributed by atoms with van der Waals surface area (Å²) in [6.07, 6.45) is 0. The first-order valence-electron chi connectivity index (χ1n) is 7.27. The van der Waals surface area contributed by atoms with Crippen molar-refractivity contribution in [2.75, 3.05) is 0 Å². The lowest BCUT2D eigenvalue weighted by Gasteiger charge is -2.32. The summed E-state index contributed by atoms with van der Waals surface area (Å²) in [5, 5.41) is 0. The third kappa shape index (κ3) is 2.10. The molecule has 5 heteroatoms. The van der Waals surface area contributed by atoms with Gasteiger partial charge in [0.05, 0.1) is 16.8 Å². The SMILES string of the molecule is CC1(C)Oc2ccc(B3OC(C)(C)C(C)(C)O3)cc2C1=O. The predicted octanol–water partition coefficient (Wildman–Crippen LogP) is 2.34. The minimum atomic E-state index is -0.795. The van der Waals surface area contributed by atoms with E-state index in [0.29, 0.717) is 11.3 Å². The van der Waals surface area contributed by atoms with Crippen LogP contribution < -0.4 is 10.2 Å². The van der Waals surface area contributed by atoms with E-state index in [4.69, 9.17) is 14.0 Å². The Bertz CT molecular complexity index is 603. The summed E-state index contributed by atoms with van der Waals surface area (Å²) in [5.74, 6) is 0.626. The van der Waals surface area contributed by atoms with Crippen molar-refractivity contribution in [3.63, 3.8) is 0 Å². The molecule has 0 amide bonds. The highest BCUT2D eigenvalue weighted by molar-refractivity contribution is 6.62. The molecule has 0 unspecified atom stereocenters. The fraction of sp³-hybridized carbons (Fsp3) is 0.562. The molecule has 0 saturated carbocycles. The first kappa shape index (κ1) is 14.6. The maximum absolute atomic E-state index is 12.3. The van der Waals surface area contributed by atoms with Crippen LogP contribution in [0.1, 0.15) is 51.9 Å². The fourth-order valence-electron chi connectivity index (χ4n) is 2.59. The Labute approximate surface area is 125 Å². The highest BCUT2D eigenvalue weighted by atomic mass is 16.7. The number of hydrogen-bond donors (Lipinski definition) is 0. The van der Waals surface area contributed by atoms with Crippen LogP contribution in [0.3, 0.4) is 0 Å². The Balaban J connectivity index is 1.94. The van der Waals surface area contributed by atoms with E-state index in [1.165, 1.54) is 0 Å². The van der Waals surface area contributed by atoms with Crippen LogP contribution in [0.5, 0.6) is 5.75 Å². The molecule has 1 aromatic carbocycles. The number of benzene rings is 1. The van der Waals surface area contributed by atoms with E-state index in [0.717, 1.165) is 5.46 Å². The molecule has 1 aromatic rings. The first-order valence-corrected chi connectivity index (χ1v) is 7.27. The Morgan fingerprint density at radius 1 is 0.952 bits per heavy atom. The fourth-order valence-corrected chi connectivity index (χ4v) is 2.59. The topological polar surface area (TPSA) is 44.8 Å². The molecule has 1 fully saturated rings. The Kier molecular flexibility index (Phi) is 2.86. The second-order valence-corrected chi connectivity index (χ2v) is 7.29. The Morgan fingerprint density at radius 3 is 2.10 bits per heavy atom. The van der Waals surface area contributed by atoms with Gasteiger partial charge < -0.3 is 14.0 Å². The zero-order valence-electron chi connectivity index (χ0n) is 13.4. The van der Waals surface area contributed by atoms with Crippen molar-refractivity contribution < 1.29 is 18.8 Å². The van der Waals surface area contributed by atoms with E-state index in [-0.39, 0.29) is 5.78 Å². The van der Waals surface area contributed by atoms with Crippen molar-refractivity contribution in [1.82, 2.24) is 0 Å². The van der Waals surface area contributed by atoms with Crippen LogP contribution in [0.15, 0.2) is 18.2 Å². The summed E-state index contributed by atoms with van der Waals surface area (Å²) < 4.78 is 17.7. The molecule has 0 bridgehead atoms. The summed E-state index contributed by atoms with van der Waals surface area (Å²) in [4.78, 5) is 12.3. The van der Waals surface area contributed by atoms with Gasteiger partial charge >= 0.3 is 7.12 Å². The van der Waals surface area contributed by atoms with Gasteiger partial charge in [-0.15, -0.1) is 0 Å². The average molecular weight is 288 g/mol. The van der Waals surface area contributed by atoms with E-state index in [1.807, 2.05) is 45.9 Å². The van der Waals surface area contributed by atoms with Crippen molar-refractivity contribution in [2.45, 2.75) is 58.3 Å². The normalized spacial score (nSPS) is 24.9. The second kappa shape index (κ2) is 4.11. The lowest BCUT2D eigenvalue weighted by molar-refractivity contribution is 0.00578. The molecule has 0 aromatic heterocycles. The van der Waals surface area contributed by atoms with Crippen LogP contribution >= 0.6 is 0 Å². The number of hydrogen-bond acceptors (Lipinski definition) is 4. The van der Waals surface area contributed by atoms with Gasteiger partial charge in [-0.3, -0.25) is 4.79 Å².